The average Bonchev–Trinajstić information content (AvgIpc) is 2.62. The smallest absolute Gasteiger partial charge is 0.193 e. The van der Waals surface area contributed by atoms with E-state index in [9.17, 15) is 4.39 Å². The van der Waals surface area contributed by atoms with Gasteiger partial charge in [0.1, 0.15) is 5.69 Å². The molecular formula is C8H8FN3S. The van der Waals surface area contributed by atoms with Gasteiger partial charge in [0.15, 0.2) is 11.6 Å². The molecule has 0 atom stereocenters. The van der Waals surface area contributed by atoms with Crippen molar-refractivity contribution in [2.45, 2.75) is 6.92 Å². The molecular weight excluding hydrogens is 189 g/mol. The number of nitrogens with zero attached hydrogens (tertiary/aromatic N) is 1. The van der Waals surface area contributed by atoms with Crippen LogP contribution in [0.4, 0.5) is 10.2 Å². The fraction of sp³-hybridized carbons (Fsp3) is 0.125. The third-order valence-electron chi connectivity index (χ3n) is 1.71. The maximum atomic E-state index is 13.2. The van der Waals surface area contributed by atoms with Crippen LogP contribution in [0.2, 0.25) is 0 Å². The standard InChI is InChI=1S/C8H8FN3S/c1-4-2-5(13-3-4)7-6(9)8(10)12-11-7/h2-3H,1H3,(H3,10,11,12). The van der Waals surface area contributed by atoms with Gasteiger partial charge in [-0.3, -0.25) is 5.10 Å². The van der Waals surface area contributed by atoms with E-state index in [0.29, 0.717) is 5.69 Å². The summed E-state index contributed by atoms with van der Waals surface area (Å²) < 4.78 is 13.2. The second-order valence-electron chi connectivity index (χ2n) is 2.79. The van der Waals surface area contributed by atoms with Crippen molar-refractivity contribution in [3.8, 4) is 10.6 Å². The van der Waals surface area contributed by atoms with Gasteiger partial charge in [-0.15, -0.1) is 11.3 Å². The quantitative estimate of drug-likeness (QED) is 0.736. The first-order valence-corrected chi connectivity index (χ1v) is 4.61. The van der Waals surface area contributed by atoms with Gasteiger partial charge in [0.25, 0.3) is 0 Å². The number of thiophene rings is 1. The topological polar surface area (TPSA) is 54.7 Å². The third kappa shape index (κ3) is 1.31. The summed E-state index contributed by atoms with van der Waals surface area (Å²) in [6.07, 6.45) is 0. The number of halogens is 1. The number of H-pyrrole nitrogens is 1. The Morgan fingerprint density at radius 3 is 2.85 bits per heavy atom. The third-order valence-corrected chi connectivity index (χ3v) is 2.78. The molecule has 0 radical (unpaired) electrons. The van der Waals surface area contributed by atoms with Gasteiger partial charge in [-0.2, -0.15) is 5.10 Å². The zero-order valence-corrected chi connectivity index (χ0v) is 7.78. The molecule has 2 rings (SSSR count). The van der Waals surface area contributed by atoms with Crippen molar-refractivity contribution in [3.05, 3.63) is 22.8 Å². The highest BCUT2D eigenvalue weighted by Crippen LogP contribution is 2.28. The molecule has 0 fully saturated rings. The molecule has 0 aliphatic carbocycles. The van der Waals surface area contributed by atoms with Gasteiger partial charge in [0, 0.05) is 0 Å². The van der Waals surface area contributed by atoms with Crippen LogP contribution in [0, 0.1) is 12.7 Å². The van der Waals surface area contributed by atoms with Gasteiger partial charge in [-0.05, 0) is 23.9 Å². The van der Waals surface area contributed by atoms with Gasteiger partial charge < -0.3 is 5.73 Å². The molecule has 2 heterocycles. The molecule has 68 valence electrons. The molecule has 0 unspecified atom stereocenters. The molecule has 0 saturated carbocycles. The summed E-state index contributed by atoms with van der Waals surface area (Å²) in [4.78, 5) is 0.819. The van der Waals surface area contributed by atoms with Crippen LogP contribution in [0.1, 0.15) is 5.56 Å². The number of nitrogens with one attached hydrogen (secondary N) is 1. The Balaban J connectivity index is 2.52. The van der Waals surface area contributed by atoms with Crippen LogP contribution in [-0.2, 0) is 0 Å². The molecule has 0 aromatic carbocycles. The first-order valence-electron chi connectivity index (χ1n) is 3.73. The van der Waals surface area contributed by atoms with Gasteiger partial charge >= 0.3 is 0 Å². The van der Waals surface area contributed by atoms with Crippen molar-refractivity contribution in [3.63, 3.8) is 0 Å². The monoisotopic (exact) mass is 197 g/mol. The molecule has 0 saturated heterocycles. The second kappa shape index (κ2) is 2.85. The molecule has 0 spiro atoms. The predicted octanol–water partition coefficient (Wildman–Crippen LogP) is 2.17. The average molecular weight is 197 g/mol. The summed E-state index contributed by atoms with van der Waals surface area (Å²) in [5.74, 6) is -0.553. The van der Waals surface area contributed by atoms with Crippen molar-refractivity contribution in [2.24, 2.45) is 0 Å². The number of aromatic nitrogens is 2. The molecule has 3 N–H and O–H groups in total. The summed E-state index contributed by atoms with van der Waals surface area (Å²) in [7, 11) is 0. The zero-order valence-electron chi connectivity index (χ0n) is 6.97. The number of rotatable bonds is 1. The Hall–Kier alpha value is -1.36. The second-order valence-corrected chi connectivity index (χ2v) is 3.70. The Morgan fingerprint density at radius 2 is 2.38 bits per heavy atom. The van der Waals surface area contributed by atoms with Crippen molar-refractivity contribution < 1.29 is 4.39 Å². The van der Waals surface area contributed by atoms with Crippen molar-refractivity contribution in [2.75, 3.05) is 5.73 Å². The van der Waals surface area contributed by atoms with Crippen LogP contribution in [0.15, 0.2) is 11.4 Å². The Kier molecular flexibility index (Phi) is 1.81. The molecule has 5 heteroatoms. The minimum Gasteiger partial charge on any atom is -0.380 e. The number of hydrogen-bond donors (Lipinski definition) is 2. The van der Waals surface area contributed by atoms with Crippen molar-refractivity contribution in [1.29, 1.82) is 0 Å². The number of aryl methyl sites for hydroxylation is 1. The molecule has 3 nitrogen and oxygen atoms in total. The van der Waals surface area contributed by atoms with Crippen LogP contribution >= 0.6 is 11.3 Å². The normalized spacial score (nSPS) is 10.6. The van der Waals surface area contributed by atoms with Crippen LogP contribution in [0.25, 0.3) is 10.6 Å². The van der Waals surface area contributed by atoms with E-state index in [-0.39, 0.29) is 5.82 Å². The van der Waals surface area contributed by atoms with E-state index in [1.165, 1.54) is 11.3 Å². The van der Waals surface area contributed by atoms with Crippen LogP contribution in [0.3, 0.4) is 0 Å². The number of hydrogen-bond acceptors (Lipinski definition) is 3. The molecule has 2 aromatic rings. The Labute approximate surface area is 78.4 Å². The van der Waals surface area contributed by atoms with E-state index >= 15 is 0 Å². The summed E-state index contributed by atoms with van der Waals surface area (Å²) >= 11 is 1.46. The molecule has 2 aromatic heterocycles. The lowest BCUT2D eigenvalue weighted by molar-refractivity contribution is 0.637. The first kappa shape index (κ1) is 8.25. The lowest BCUT2D eigenvalue weighted by Crippen LogP contribution is -1.86. The fourth-order valence-electron chi connectivity index (χ4n) is 1.07. The van der Waals surface area contributed by atoms with E-state index < -0.39 is 5.82 Å². The first-order chi connectivity index (χ1) is 6.18. The van der Waals surface area contributed by atoms with E-state index in [2.05, 4.69) is 10.2 Å². The number of nitrogen functional groups attached to an aromatic ring is 1. The Bertz CT molecular complexity index is 432. The number of nitrogens with two attached hydrogens (primary N) is 1. The zero-order chi connectivity index (χ0) is 9.42. The molecule has 0 amide bonds. The maximum Gasteiger partial charge on any atom is 0.193 e. The molecule has 13 heavy (non-hydrogen) atoms. The van der Waals surface area contributed by atoms with Crippen LogP contribution in [-0.4, -0.2) is 10.2 Å². The fourth-order valence-corrected chi connectivity index (χ4v) is 1.96. The van der Waals surface area contributed by atoms with Gasteiger partial charge in [-0.1, -0.05) is 0 Å². The maximum absolute atomic E-state index is 13.2. The van der Waals surface area contributed by atoms with Crippen molar-refractivity contribution in [1.82, 2.24) is 10.2 Å². The summed E-state index contributed by atoms with van der Waals surface area (Å²) in [5.41, 5.74) is 6.75. The highest BCUT2D eigenvalue weighted by molar-refractivity contribution is 7.13. The highest BCUT2D eigenvalue weighted by atomic mass is 32.1. The summed E-state index contributed by atoms with van der Waals surface area (Å²) in [5, 5.41) is 8.10. The van der Waals surface area contributed by atoms with E-state index in [0.717, 1.165) is 10.4 Å². The Morgan fingerprint density at radius 1 is 1.62 bits per heavy atom. The number of aromatic amines is 1. The highest BCUT2D eigenvalue weighted by Gasteiger charge is 2.12. The van der Waals surface area contributed by atoms with Crippen LogP contribution < -0.4 is 5.73 Å². The molecule has 0 aliphatic rings. The minimum atomic E-state index is -0.471. The van der Waals surface area contributed by atoms with E-state index in [1.54, 1.807) is 0 Å². The van der Waals surface area contributed by atoms with E-state index in [4.69, 9.17) is 5.73 Å². The van der Waals surface area contributed by atoms with Crippen molar-refractivity contribution >= 4 is 17.2 Å². The van der Waals surface area contributed by atoms with Gasteiger partial charge in [-0.25, -0.2) is 4.39 Å². The van der Waals surface area contributed by atoms with Crippen LogP contribution in [0.5, 0.6) is 0 Å². The lowest BCUT2D eigenvalue weighted by Gasteiger charge is -1.89. The summed E-state index contributed by atoms with van der Waals surface area (Å²) in [6.45, 7) is 1.96. The van der Waals surface area contributed by atoms with Gasteiger partial charge in [0.2, 0.25) is 0 Å². The largest absolute Gasteiger partial charge is 0.380 e. The van der Waals surface area contributed by atoms with E-state index in [1.807, 2.05) is 18.4 Å². The predicted molar refractivity (Wildman–Crippen MR) is 51.0 cm³/mol. The summed E-state index contributed by atoms with van der Waals surface area (Å²) in [6, 6.07) is 1.89. The number of anilines is 1. The van der Waals surface area contributed by atoms with Gasteiger partial charge in [0.05, 0.1) is 4.88 Å². The molecule has 0 aliphatic heterocycles. The SMILES string of the molecule is Cc1csc(-c2[nH]nc(N)c2F)c1. The lowest BCUT2D eigenvalue weighted by atomic mass is 10.3. The molecule has 0 bridgehead atoms. The minimum absolute atomic E-state index is 0.0824.